The van der Waals surface area contributed by atoms with Crippen LogP contribution in [0.3, 0.4) is 0 Å². The molecule has 90 valence electrons. The van der Waals surface area contributed by atoms with E-state index >= 15 is 0 Å². The van der Waals surface area contributed by atoms with Gasteiger partial charge in [-0.25, -0.2) is 0 Å². The van der Waals surface area contributed by atoms with Gasteiger partial charge in [0.2, 0.25) is 0 Å². The maximum atomic E-state index is 3.61. The summed E-state index contributed by atoms with van der Waals surface area (Å²) in [4.78, 5) is 0. The molecule has 0 bridgehead atoms. The van der Waals surface area contributed by atoms with Crippen molar-refractivity contribution in [3.8, 4) is 0 Å². The van der Waals surface area contributed by atoms with Crippen LogP contribution >= 0.6 is 31.9 Å². The van der Waals surface area contributed by atoms with Crippen molar-refractivity contribution in [1.29, 1.82) is 0 Å². The molecular weight excluding hydrogens is 352 g/mol. The molecule has 0 aliphatic rings. The first-order valence-corrected chi connectivity index (χ1v) is 8.13. The number of fused-ring (bicyclic) bond motifs is 3. The Morgan fingerprint density at radius 3 is 2.22 bits per heavy atom. The molecule has 0 aliphatic heterocycles. The van der Waals surface area contributed by atoms with E-state index < -0.39 is 0 Å². The normalized spacial score (nSPS) is 11.2. The van der Waals surface area contributed by atoms with Crippen molar-refractivity contribution in [3.63, 3.8) is 0 Å². The van der Waals surface area contributed by atoms with E-state index in [0.29, 0.717) is 0 Å². The van der Waals surface area contributed by atoms with Crippen LogP contribution in [-0.4, -0.2) is 0 Å². The molecule has 0 nitrogen and oxygen atoms in total. The molecule has 0 saturated carbocycles. The largest absolute Gasteiger partial charge is 0.0876 e. The Morgan fingerprint density at radius 2 is 1.44 bits per heavy atom. The number of alkyl halides is 2. The van der Waals surface area contributed by atoms with E-state index in [9.17, 15) is 0 Å². The van der Waals surface area contributed by atoms with Gasteiger partial charge in [0, 0.05) is 10.7 Å². The first kappa shape index (κ1) is 12.2. The van der Waals surface area contributed by atoms with E-state index in [1.807, 2.05) is 0 Å². The van der Waals surface area contributed by atoms with Crippen LogP contribution in [0, 0.1) is 0 Å². The minimum atomic E-state index is 0.892. The van der Waals surface area contributed by atoms with Gasteiger partial charge in [-0.05, 0) is 32.7 Å². The first-order chi connectivity index (χ1) is 8.85. The van der Waals surface area contributed by atoms with Gasteiger partial charge in [-0.3, -0.25) is 0 Å². The molecule has 0 N–H and O–H groups in total. The van der Waals surface area contributed by atoms with Crippen LogP contribution in [0.15, 0.2) is 48.5 Å². The monoisotopic (exact) mass is 362 g/mol. The molecule has 0 fully saturated rings. The summed E-state index contributed by atoms with van der Waals surface area (Å²) in [5, 5.41) is 7.12. The summed E-state index contributed by atoms with van der Waals surface area (Å²) in [6.45, 7) is 0. The van der Waals surface area contributed by atoms with Crippen molar-refractivity contribution >= 4 is 53.4 Å². The maximum absolute atomic E-state index is 3.61. The Hall–Kier alpha value is -0.860. The summed E-state index contributed by atoms with van der Waals surface area (Å²) in [7, 11) is 0. The van der Waals surface area contributed by atoms with Crippen molar-refractivity contribution in [3.05, 3.63) is 59.7 Å². The van der Waals surface area contributed by atoms with Crippen molar-refractivity contribution in [1.82, 2.24) is 0 Å². The van der Waals surface area contributed by atoms with Crippen molar-refractivity contribution < 1.29 is 0 Å². The van der Waals surface area contributed by atoms with Gasteiger partial charge < -0.3 is 0 Å². The summed E-state index contributed by atoms with van der Waals surface area (Å²) < 4.78 is 0. The summed E-state index contributed by atoms with van der Waals surface area (Å²) in [6.07, 6.45) is 0. The molecule has 3 aromatic carbocycles. The quantitative estimate of drug-likeness (QED) is 0.399. The molecule has 0 amide bonds. The lowest BCUT2D eigenvalue weighted by molar-refractivity contribution is 1.34. The summed E-state index contributed by atoms with van der Waals surface area (Å²) in [5.41, 5.74) is 2.74. The van der Waals surface area contributed by atoms with Gasteiger partial charge in [-0.15, -0.1) is 0 Å². The fraction of sp³-hybridized carbons (Fsp3) is 0.125. The Bertz CT molecular complexity index is 717. The standard InChI is InChI=1S/C16H12Br2/c17-9-12-6-8-14-13-4-2-1-3-11(13)5-7-15(14)16(12)10-18/h1-8H,9-10H2. The second-order valence-corrected chi connectivity index (χ2v) is 5.47. The molecule has 3 rings (SSSR count). The number of hydrogen-bond donors (Lipinski definition) is 0. The minimum absolute atomic E-state index is 0.892. The van der Waals surface area contributed by atoms with E-state index in [1.165, 1.54) is 32.7 Å². The lowest BCUT2D eigenvalue weighted by Gasteiger charge is -2.11. The molecule has 2 heteroatoms. The lowest BCUT2D eigenvalue weighted by atomic mass is 9.96. The van der Waals surface area contributed by atoms with Crippen molar-refractivity contribution in [2.45, 2.75) is 10.7 Å². The van der Waals surface area contributed by atoms with Crippen LogP contribution < -0.4 is 0 Å². The van der Waals surface area contributed by atoms with E-state index in [4.69, 9.17) is 0 Å². The van der Waals surface area contributed by atoms with Gasteiger partial charge in [0.25, 0.3) is 0 Å². The van der Waals surface area contributed by atoms with Crippen molar-refractivity contribution in [2.75, 3.05) is 0 Å². The number of benzene rings is 3. The van der Waals surface area contributed by atoms with Crippen LogP contribution in [0.5, 0.6) is 0 Å². The summed E-state index contributed by atoms with van der Waals surface area (Å²) in [5.74, 6) is 0. The van der Waals surface area contributed by atoms with Gasteiger partial charge in [0.05, 0.1) is 0 Å². The SMILES string of the molecule is BrCc1ccc2c(ccc3ccccc32)c1CBr. The van der Waals surface area contributed by atoms with E-state index in [1.54, 1.807) is 0 Å². The molecule has 0 unspecified atom stereocenters. The maximum Gasteiger partial charge on any atom is 0.0292 e. The van der Waals surface area contributed by atoms with Crippen LogP contribution in [0.25, 0.3) is 21.5 Å². The third-order valence-corrected chi connectivity index (χ3v) is 4.58. The van der Waals surface area contributed by atoms with Gasteiger partial charge in [0.1, 0.15) is 0 Å². The molecule has 0 aliphatic carbocycles. The molecule has 0 saturated heterocycles. The van der Waals surface area contributed by atoms with Gasteiger partial charge in [-0.2, -0.15) is 0 Å². The molecule has 18 heavy (non-hydrogen) atoms. The zero-order valence-corrected chi connectivity index (χ0v) is 13.0. The molecule has 0 aromatic heterocycles. The lowest BCUT2D eigenvalue weighted by Crippen LogP contribution is -1.90. The molecule has 0 spiro atoms. The molecular formula is C16H12Br2. The highest BCUT2D eigenvalue weighted by atomic mass is 79.9. The predicted molar refractivity (Wildman–Crippen MR) is 86.7 cm³/mol. The van der Waals surface area contributed by atoms with Crippen LogP contribution in [0.2, 0.25) is 0 Å². The number of rotatable bonds is 2. The molecule has 0 heterocycles. The van der Waals surface area contributed by atoms with Crippen LogP contribution in [0.1, 0.15) is 11.1 Å². The van der Waals surface area contributed by atoms with E-state index in [2.05, 4.69) is 80.4 Å². The third kappa shape index (κ3) is 1.88. The van der Waals surface area contributed by atoms with E-state index in [-0.39, 0.29) is 0 Å². The first-order valence-electron chi connectivity index (χ1n) is 5.89. The zero-order valence-electron chi connectivity index (χ0n) is 9.79. The fourth-order valence-corrected chi connectivity index (χ4v) is 3.67. The predicted octanol–water partition coefficient (Wildman–Crippen LogP) is 5.78. The smallest absolute Gasteiger partial charge is 0.0292 e. The second-order valence-electron chi connectivity index (χ2n) is 4.35. The summed E-state index contributed by atoms with van der Waals surface area (Å²) >= 11 is 7.18. The second kappa shape index (κ2) is 5.02. The Morgan fingerprint density at radius 1 is 0.667 bits per heavy atom. The number of hydrogen-bond acceptors (Lipinski definition) is 0. The van der Waals surface area contributed by atoms with Crippen molar-refractivity contribution in [2.24, 2.45) is 0 Å². The summed E-state index contributed by atoms with van der Waals surface area (Å²) in [6, 6.07) is 17.5. The molecule has 0 atom stereocenters. The highest BCUT2D eigenvalue weighted by molar-refractivity contribution is 9.09. The Kier molecular flexibility index (Phi) is 3.40. The van der Waals surface area contributed by atoms with Gasteiger partial charge >= 0.3 is 0 Å². The fourth-order valence-electron chi connectivity index (χ4n) is 2.48. The minimum Gasteiger partial charge on any atom is -0.0876 e. The highest BCUT2D eigenvalue weighted by Crippen LogP contribution is 2.31. The van der Waals surface area contributed by atoms with Crippen LogP contribution in [-0.2, 0) is 10.7 Å². The van der Waals surface area contributed by atoms with Gasteiger partial charge in [0.15, 0.2) is 0 Å². The topological polar surface area (TPSA) is 0 Å². The third-order valence-electron chi connectivity index (χ3n) is 3.41. The zero-order chi connectivity index (χ0) is 12.5. The Balaban J connectivity index is 2.46. The molecule has 3 aromatic rings. The average Bonchev–Trinajstić information content (AvgIpc) is 2.45. The molecule has 0 radical (unpaired) electrons. The highest BCUT2D eigenvalue weighted by Gasteiger charge is 2.07. The average molecular weight is 364 g/mol. The van der Waals surface area contributed by atoms with Crippen LogP contribution in [0.4, 0.5) is 0 Å². The number of halogens is 2. The Labute approximate surface area is 123 Å². The van der Waals surface area contributed by atoms with Gasteiger partial charge in [-0.1, -0.05) is 80.4 Å². The van der Waals surface area contributed by atoms with E-state index in [0.717, 1.165) is 10.7 Å².